The van der Waals surface area contributed by atoms with Crippen LogP contribution < -0.4 is 10.0 Å². The molecule has 98 valence electrons. The molecule has 0 amide bonds. The number of hydrogen-bond donors (Lipinski definition) is 3. The van der Waals surface area contributed by atoms with Gasteiger partial charge in [0.15, 0.2) is 0 Å². The molecule has 1 aromatic carbocycles. The first-order valence-electron chi connectivity index (χ1n) is 4.55. The third-order valence-electron chi connectivity index (χ3n) is 2.08. The van der Waals surface area contributed by atoms with Crippen LogP contribution in [0.1, 0.15) is 0 Å². The lowest BCUT2D eigenvalue weighted by molar-refractivity contribution is -0.0523. The summed E-state index contributed by atoms with van der Waals surface area (Å²) in [7, 11) is -4.26. The molecule has 1 rings (SSSR count). The van der Waals surface area contributed by atoms with E-state index in [1.807, 2.05) is 0 Å². The van der Waals surface area contributed by atoms with Crippen molar-refractivity contribution in [3.63, 3.8) is 0 Å². The molecule has 1 aromatic rings. The van der Waals surface area contributed by atoms with Crippen LogP contribution in [0.3, 0.4) is 0 Å². The molecule has 0 bridgehead atoms. The molecule has 17 heavy (non-hydrogen) atoms. The van der Waals surface area contributed by atoms with E-state index in [1.165, 1.54) is 24.3 Å². The first kappa shape index (κ1) is 13.8. The summed E-state index contributed by atoms with van der Waals surface area (Å²) in [6, 6.07) is 5.54. The highest BCUT2D eigenvalue weighted by Crippen LogP contribution is 2.39. The monoisotopic (exact) mass is 270 g/mol. The van der Waals surface area contributed by atoms with Crippen molar-refractivity contribution in [3.8, 4) is 0 Å². The third kappa shape index (κ3) is 2.89. The maximum Gasteiger partial charge on any atom is 0.508 e. The molecule has 0 aromatic heterocycles. The molecule has 0 saturated heterocycles. The highest BCUT2D eigenvalue weighted by molar-refractivity contribution is 8.16. The highest BCUT2D eigenvalue weighted by atomic mass is 32.3. The highest BCUT2D eigenvalue weighted by Gasteiger charge is 2.51. The van der Waals surface area contributed by atoms with Gasteiger partial charge in [-0.05, 0) is 33.8 Å². The van der Waals surface area contributed by atoms with Crippen molar-refractivity contribution < 1.29 is 21.9 Å². The Balaban J connectivity index is 3.02. The summed E-state index contributed by atoms with van der Waals surface area (Å²) < 4.78 is 59.7. The van der Waals surface area contributed by atoms with Crippen LogP contribution in [0.2, 0.25) is 0 Å². The maximum atomic E-state index is 12.5. The molecule has 0 spiro atoms. The van der Waals surface area contributed by atoms with Crippen LogP contribution in [0.5, 0.6) is 0 Å². The Hall–Kier alpha value is -1.28. The summed E-state index contributed by atoms with van der Waals surface area (Å²) >= 11 is 0. The minimum absolute atomic E-state index is 0.0803. The topological polar surface area (TPSA) is 61.4 Å². The van der Waals surface area contributed by atoms with Crippen molar-refractivity contribution in [2.75, 3.05) is 23.3 Å². The van der Waals surface area contributed by atoms with E-state index < -0.39 is 15.0 Å². The quantitative estimate of drug-likeness (QED) is 0.790. The SMILES string of the molecule is CNc1ccc(NS(C)(=O)(O)C(F)(F)F)cc1. The first-order valence-corrected chi connectivity index (χ1v) is 6.89. The summed E-state index contributed by atoms with van der Waals surface area (Å²) in [5.41, 5.74) is -4.64. The predicted octanol–water partition coefficient (Wildman–Crippen LogP) is 2.50. The van der Waals surface area contributed by atoms with E-state index in [0.717, 1.165) is 0 Å². The molecule has 3 N–H and O–H groups in total. The van der Waals surface area contributed by atoms with E-state index >= 15 is 0 Å². The van der Waals surface area contributed by atoms with Gasteiger partial charge in [-0.3, -0.25) is 9.27 Å². The number of alkyl halides is 3. The Kier molecular flexibility index (Phi) is 3.15. The van der Waals surface area contributed by atoms with Crippen LogP contribution in [-0.4, -0.2) is 27.6 Å². The van der Waals surface area contributed by atoms with Gasteiger partial charge in [-0.1, -0.05) is 0 Å². The molecule has 4 nitrogen and oxygen atoms in total. The molecular formula is C9H13F3N2O2S. The average Bonchev–Trinajstić information content (AvgIpc) is 2.15. The Morgan fingerprint density at radius 2 is 1.59 bits per heavy atom. The summed E-state index contributed by atoms with van der Waals surface area (Å²) in [5, 5.41) is 2.77. The number of rotatable bonds is 3. The Morgan fingerprint density at radius 3 is 1.94 bits per heavy atom. The van der Waals surface area contributed by atoms with Crippen molar-refractivity contribution >= 4 is 20.9 Å². The number of benzene rings is 1. The standard InChI is InChI=1S/C9H13F3N2O2S/c1-13-7-3-5-8(6-4-7)14-17(2,15,16)9(10,11)12/h3-6,13H,1-2H3,(H2,14,15,16). The van der Waals surface area contributed by atoms with Gasteiger partial charge in [0, 0.05) is 19.0 Å². The Labute approximate surface area is 96.6 Å². The lowest BCUT2D eigenvalue weighted by Crippen LogP contribution is -2.52. The van der Waals surface area contributed by atoms with E-state index in [4.69, 9.17) is 0 Å². The molecule has 0 radical (unpaired) electrons. The van der Waals surface area contributed by atoms with Crippen molar-refractivity contribution in [3.05, 3.63) is 24.3 Å². The van der Waals surface area contributed by atoms with Gasteiger partial charge in [-0.25, -0.2) is 0 Å². The van der Waals surface area contributed by atoms with Gasteiger partial charge in [0.05, 0.1) is 5.69 Å². The number of nitrogens with one attached hydrogen (secondary N) is 2. The molecule has 0 atom stereocenters. The Bertz CT molecular complexity index is 464. The minimum atomic E-state index is -5.90. The molecule has 0 aliphatic heterocycles. The van der Waals surface area contributed by atoms with Gasteiger partial charge in [-0.15, -0.1) is 0 Å². The number of anilines is 2. The number of hydrogen-bond acceptors (Lipinski definition) is 2. The van der Waals surface area contributed by atoms with E-state index in [0.29, 0.717) is 5.69 Å². The zero-order chi connectivity index (χ0) is 13.3. The predicted molar refractivity (Wildman–Crippen MR) is 62.4 cm³/mol. The van der Waals surface area contributed by atoms with Crippen molar-refractivity contribution in [1.29, 1.82) is 0 Å². The molecule has 0 heterocycles. The fraction of sp³-hybridized carbons (Fsp3) is 0.333. The van der Waals surface area contributed by atoms with Crippen molar-refractivity contribution in [2.24, 2.45) is 0 Å². The van der Waals surface area contributed by atoms with Crippen LogP contribution in [0.25, 0.3) is 0 Å². The first-order chi connectivity index (χ1) is 7.54. The lowest BCUT2D eigenvalue weighted by Gasteiger charge is -2.41. The lowest BCUT2D eigenvalue weighted by atomic mass is 10.3. The van der Waals surface area contributed by atoms with Crippen LogP contribution in [-0.2, 0) is 9.53 Å². The molecule has 0 unspecified atom stereocenters. The second-order valence-corrected chi connectivity index (χ2v) is 6.89. The maximum absolute atomic E-state index is 12.5. The van der Waals surface area contributed by atoms with E-state index in [9.17, 15) is 21.9 Å². The largest absolute Gasteiger partial charge is 0.508 e. The van der Waals surface area contributed by atoms with E-state index in [-0.39, 0.29) is 11.9 Å². The fourth-order valence-corrected chi connectivity index (χ4v) is 1.85. The average molecular weight is 270 g/mol. The molecule has 0 aliphatic rings. The zero-order valence-corrected chi connectivity index (χ0v) is 10.0. The molecule has 0 aliphatic carbocycles. The van der Waals surface area contributed by atoms with Gasteiger partial charge >= 0.3 is 5.51 Å². The number of halogens is 3. The zero-order valence-electron chi connectivity index (χ0n) is 9.21. The molecule has 0 fully saturated rings. The fourth-order valence-electron chi connectivity index (χ4n) is 1.04. The van der Waals surface area contributed by atoms with Gasteiger partial charge in [0.25, 0.3) is 0 Å². The third-order valence-corrected chi connectivity index (χ3v) is 3.88. The Morgan fingerprint density at radius 1 is 1.18 bits per heavy atom. The summed E-state index contributed by atoms with van der Waals surface area (Å²) in [5.74, 6) is 0. The minimum Gasteiger partial charge on any atom is -0.388 e. The van der Waals surface area contributed by atoms with Crippen molar-refractivity contribution in [2.45, 2.75) is 5.51 Å². The van der Waals surface area contributed by atoms with Gasteiger partial charge in [0.1, 0.15) is 0 Å². The van der Waals surface area contributed by atoms with Crippen molar-refractivity contribution in [1.82, 2.24) is 0 Å². The summed E-state index contributed by atoms with van der Waals surface area (Å²) in [6.07, 6.45) is 0.239. The molecule has 8 heteroatoms. The van der Waals surface area contributed by atoms with Crippen LogP contribution in [0.4, 0.5) is 24.5 Å². The van der Waals surface area contributed by atoms with Crippen LogP contribution >= 0.6 is 0 Å². The molecular weight excluding hydrogens is 257 g/mol. The summed E-state index contributed by atoms with van der Waals surface area (Å²) in [4.78, 5) is 0. The van der Waals surface area contributed by atoms with Gasteiger partial charge in [-0.2, -0.15) is 17.4 Å². The summed E-state index contributed by atoms with van der Waals surface area (Å²) in [6.45, 7) is 0. The smallest absolute Gasteiger partial charge is 0.388 e. The van der Waals surface area contributed by atoms with E-state index in [1.54, 1.807) is 11.8 Å². The molecule has 0 saturated carbocycles. The normalized spacial score (nSPS) is 14.8. The van der Waals surface area contributed by atoms with Crippen LogP contribution in [0, 0.1) is 0 Å². The van der Waals surface area contributed by atoms with Gasteiger partial charge in [0.2, 0.25) is 0 Å². The van der Waals surface area contributed by atoms with Crippen LogP contribution in [0.15, 0.2) is 24.3 Å². The van der Waals surface area contributed by atoms with Gasteiger partial charge < -0.3 is 5.32 Å². The second-order valence-electron chi connectivity index (χ2n) is 3.66. The second kappa shape index (κ2) is 3.88. The van der Waals surface area contributed by atoms with E-state index in [2.05, 4.69) is 5.32 Å².